The van der Waals surface area contributed by atoms with Gasteiger partial charge in [0.2, 0.25) is 0 Å². The minimum Gasteiger partial charge on any atom is -0.459 e. The lowest BCUT2D eigenvalue weighted by atomic mass is 9.96. The third-order valence-electron chi connectivity index (χ3n) is 5.45. The smallest absolute Gasteiger partial charge is 0.338 e. The summed E-state index contributed by atoms with van der Waals surface area (Å²) < 4.78 is 17.8. The minimum absolute atomic E-state index is 0.239. The Bertz CT molecular complexity index is 1280. The first kappa shape index (κ1) is 23.1. The number of hydrogen-bond donors (Lipinski definition) is 2. The van der Waals surface area contributed by atoms with Gasteiger partial charge >= 0.3 is 17.6 Å². The number of nitrogens with one attached hydrogen (secondary N) is 1. The van der Waals surface area contributed by atoms with Crippen molar-refractivity contribution in [2.24, 2.45) is 0 Å². The summed E-state index contributed by atoms with van der Waals surface area (Å²) in [7, 11) is 0. The van der Waals surface area contributed by atoms with Crippen molar-refractivity contribution in [3.63, 3.8) is 0 Å². The van der Waals surface area contributed by atoms with Crippen molar-refractivity contribution in [1.29, 1.82) is 0 Å². The Balaban J connectivity index is 1.62. The number of nitrogens with zero attached hydrogens (tertiary/aromatic N) is 1. The van der Waals surface area contributed by atoms with Gasteiger partial charge in [-0.3, -0.25) is 14.3 Å². The zero-order chi connectivity index (χ0) is 24.3. The van der Waals surface area contributed by atoms with Crippen molar-refractivity contribution in [1.82, 2.24) is 9.55 Å². The molecule has 0 bridgehead atoms. The van der Waals surface area contributed by atoms with Crippen LogP contribution in [0.15, 0.2) is 82.5 Å². The summed E-state index contributed by atoms with van der Waals surface area (Å²) in [6.45, 7) is 0.961. The van der Waals surface area contributed by atoms with E-state index in [1.54, 1.807) is 60.7 Å². The average Bonchev–Trinajstić information content (AvgIpc) is 3.08. The van der Waals surface area contributed by atoms with Crippen LogP contribution in [0.5, 0.6) is 0 Å². The summed E-state index contributed by atoms with van der Waals surface area (Å²) in [5.41, 5.74) is -2.83. The molecule has 1 aliphatic heterocycles. The van der Waals surface area contributed by atoms with Gasteiger partial charge in [-0.2, -0.15) is 0 Å². The average molecular weight is 466 g/mol. The molecule has 10 heteroatoms. The minimum atomic E-state index is -1.92. The fourth-order valence-corrected chi connectivity index (χ4v) is 3.75. The highest BCUT2D eigenvalue weighted by atomic mass is 16.6. The van der Waals surface area contributed by atoms with E-state index in [0.717, 1.165) is 16.8 Å². The number of ether oxygens (including phenoxy) is 3. The monoisotopic (exact) mass is 466 g/mol. The molecule has 2 heterocycles. The van der Waals surface area contributed by atoms with Gasteiger partial charge in [0.05, 0.1) is 11.1 Å². The molecule has 0 unspecified atom stereocenters. The first-order valence-electron chi connectivity index (χ1n) is 10.4. The number of aromatic amines is 1. The molecule has 1 aliphatic rings. The molecule has 0 spiro atoms. The normalized spacial score (nSPS) is 23.9. The van der Waals surface area contributed by atoms with Gasteiger partial charge in [-0.1, -0.05) is 36.4 Å². The number of rotatable bonds is 6. The quantitative estimate of drug-likeness (QED) is 0.518. The number of aliphatic hydroxyl groups is 1. The molecule has 4 rings (SSSR count). The van der Waals surface area contributed by atoms with Crippen LogP contribution in [0.4, 0.5) is 0 Å². The van der Waals surface area contributed by atoms with Crippen LogP contribution in [0.1, 0.15) is 33.9 Å². The lowest BCUT2D eigenvalue weighted by Crippen LogP contribution is -2.49. The maximum absolute atomic E-state index is 12.7. The van der Waals surface area contributed by atoms with Crippen molar-refractivity contribution < 1.29 is 28.9 Å². The number of H-pyrrole nitrogens is 1. The molecule has 1 saturated heterocycles. The number of benzene rings is 2. The SMILES string of the molecule is C[C@@]1(O)[C@H](OC(=O)c2ccccc2)[C@@H](COC(=O)c2ccccc2)O[C@H]1n1ccc(=O)[nH]c1=O. The number of carbonyl (C=O) groups is 2. The standard InChI is InChI=1S/C24H22N2O8/c1-24(31)19(34-21(29)16-10-6-3-7-11-16)17(14-32-20(28)15-8-4-2-5-9-15)33-22(24)26-13-12-18(27)25-23(26)30/h2-13,17,19,22,31H,14H2,1H3,(H,25,27,30)/t17-,19-,22-,24-/m1/s1. The molecular weight excluding hydrogens is 444 g/mol. The largest absolute Gasteiger partial charge is 0.459 e. The van der Waals surface area contributed by atoms with E-state index in [2.05, 4.69) is 4.98 Å². The Morgan fingerprint density at radius 1 is 1.00 bits per heavy atom. The van der Waals surface area contributed by atoms with Crippen LogP contribution < -0.4 is 11.2 Å². The summed E-state index contributed by atoms with van der Waals surface area (Å²) in [6.07, 6.45) is -2.60. The van der Waals surface area contributed by atoms with Gasteiger partial charge in [0.15, 0.2) is 12.3 Å². The predicted octanol–water partition coefficient (Wildman–Crippen LogP) is 1.27. The van der Waals surface area contributed by atoms with Crippen molar-refractivity contribution in [3.05, 3.63) is 105 Å². The highest BCUT2D eigenvalue weighted by Gasteiger charge is 2.56. The topological polar surface area (TPSA) is 137 Å². The third kappa shape index (κ3) is 4.68. The van der Waals surface area contributed by atoms with Gasteiger partial charge in [-0.25, -0.2) is 14.4 Å². The summed E-state index contributed by atoms with van der Waals surface area (Å²) in [5, 5.41) is 11.3. The van der Waals surface area contributed by atoms with Crippen LogP contribution in [0.2, 0.25) is 0 Å². The highest BCUT2D eigenvalue weighted by Crippen LogP contribution is 2.39. The molecule has 2 N–H and O–H groups in total. The fourth-order valence-electron chi connectivity index (χ4n) is 3.75. The van der Waals surface area contributed by atoms with Gasteiger partial charge in [0, 0.05) is 12.3 Å². The first-order chi connectivity index (χ1) is 16.3. The van der Waals surface area contributed by atoms with Crippen LogP contribution in [0, 0.1) is 0 Å². The molecule has 34 heavy (non-hydrogen) atoms. The van der Waals surface area contributed by atoms with Crippen molar-refractivity contribution in [2.45, 2.75) is 31.0 Å². The molecule has 0 saturated carbocycles. The van der Waals surface area contributed by atoms with Crippen LogP contribution in [0.3, 0.4) is 0 Å². The molecule has 1 aromatic heterocycles. The van der Waals surface area contributed by atoms with Crippen molar-refractivity contribution in [2.75, 3.05) is 6.61 Å². The number of esters is 2. The van der Waals surface area contributed by atoms with E-state index in [4.69, 9.17) is 14.2 Å². The zero-order valence-electron chi connectivity index (χ0n) is 18.1. The number of hydrogen-bond acceptors (Lipinski definition) is 8. The van der Waals surface area contributed by atoms with Crippen molar-refractivity contribution >= 4 is 11.9 Å². The summed E-state index contributed by atoms with van der Waals surface area (Å²) in [6, 6.07) is 17.5. The Morgan fingerprint density at radius 2 is 1.59 bits per heavy atom. The molecule has 0 amide bonds. The molecule has 1 fully saturated rings. The van der Waals surface area contributed by atoms with E-state index < -0.39 is 47.2 Å². The van der Waals surface area contributed by atoms with Gasteiger partial charge in [0.1, 0.15) is 18.3 Å². The van der Waals surface area contributed by atoms with E-state index in [1.807, 2.05) is 0 Å². The second-order valence-electron chi connectivity index (χ2n) is 7.93. The summed E-state index contributed by atoms with van der Waals surface area (Å²) in [4.78, 5) is 51.0. The second-order valence-corrected chi connectivity index (χ2v) is 7.93. The lowest BCUT2D eigenvalue weighted by molar-refractivity contribution is -0.101. The lowest BCUT2D eigenvalue weighted by Gasteiger charge is -2.30. The third-order valence-corrected chi connectivity index (χ3v) is 5.45. The Morgan fingerprint density at radius 3 is 2.18 bits per heavy atom. The molecule has 4 atom stereocenters. The Labute approximate surface area is 193 Å². The molecule has 176 valence electrons. The second kappa shape index (κ2) is 9.46. The maximum atomic E-state index is 12.7. The predicted molar refractivity (Wildman–Crippen MR) is 118 cm³/mol. The molecule has 2 aromatic carbocycles. The number of aromatic nitrogens is 2. The van der Waals surface area contributed by atoms with Crippen LogP contribution >= 0.6 is 0 Å². The van der Waals surface area contributed by atoms with Gasteiger partial charge in [-0.15, -0.1) is 0 Å². The summed E-state index contributed by atoms with van der Waals surface area (Å²) >= 11 is 0. The molecular formula is C24H22N2O8. The van der Waals surface area contributed by atoms with E-state index in [-0.39, 0.29) is 12.2 Å². The fraction of sp³-hybridized carbons (Fsp3) is 0.250. The van der Waals surface area contributed by atoms with E-state index >= 15 is 0 Å². The van der Waals surface area contributed by atoms with Gasteiger partial charge < -0.3 is 19.3 Å². The van der Waals surface area contributed by atoms with E-state index in [9.17, 15) is 24.3 Å². The molecule has 3 aromatic rings. The number of carbonyl (C=O) groups excluding carboxylic acids is 2. The molecule has 10 nitrogen and oxygen atoms in total. The maximum Gasteiger partial charge on any atom is 0.338 e. The summed E-state index contributed by atoms with van der Waals surface area (Å²) in [5.74, 6) is -1.37. The molecule has 0 radical (unpaired) electrons. The van der Waals surface area contributed by atoms with E-state index in [1.165, 1.54) is 6.92 Å². The highest BCUT2D eigenvalue weighted by molar-refractivity contribution is 5.90. The first-order valence-corrected chi connectivity index (χ1v) is 10.4. The Hall–Kier alpha value is -4.02. The van der Waals surface area contributed by atoms with Gasteiger partial charge in [0.25, 0.3) is 5.56 Å². The molecule has 0 aliphatic carbocycles. The van der Waals surface area contributed by atoms with Crippen molar-refractivity contribution in [3.8, 4) is 0 Å². The van der Waals surface area contributed by atoms with Gasteiger partial charge in [-0.05, 0) is 31.2 Å². The van der Waals surface area contributed by atoms with Crippen LogP contribution in [-0.2, 0) is 14.2 Å². The van der Waals surface area contributed by atoms with Crippen LogP contribution in [0.25, 0.3) is 0 Å². The zero-order valence-corrected chi connectivity index (χ0v) is 18.1. The van der Waals surface area contributed by atoms with Crippen LogP contribution in [-0.4, -0.2) is 51.0 Å². The van der Waals surface area contributed by atoms with E-state index in [0.29, 0.717) is 5.56 Å². The Kier molecular flexibility index (Phi) is 6.44.